The Balaban J connectivity index is 2.16. The lowest BCUT2D eigenvalue weighted by Crippen LogP contribution is -2.38. The molecule has 0 radical (unpaired) electrons. The molecule has 1 aliphatic rings. The number of amides is 1. The molecule has 1 fully saturated rings. The number of anilines is 1. The van der Waals surface area contributed by atoms with Crippen molar-refractivity contribution in [1.82, 2.24) is 0 Å². The van der Waals surface area contributed by atoms with Crippen LogP contribution in [0, 0.1) is 5.92 Å². The standard InChI is InChI=1S/C14H19ClN4O/c15-9-13(16)18-11-3-1-2-4-12(11)19-7-5-10(6-8-19)14(17)20/h1-4,10H,5-9H2,(H2,16,18)(H2,17,20). The molecular weight excluding hydrogens is 276 g/mol. The van der Waals surface area contributed by atoms with Gasteiger partial charge in [-0.3, -0.25) is 4.79 Å². The van der Waals surface area contributed by atoms with Crippen LogP contribution in [0.5, 0.6) is 0 Å². The number of aliphatic imine (C=N–C) groups is 1. The van der Waals surface area contributed by atoms with Gasteiger partial charge in [-0.05, 0) is 25.0 Å². The van der Waals surface area contributed by atoms with Crippen LogP contribution in [0.1, 0.15) is 12.8 Å². The molecule has 1 aromatic carbocycles. The van der Waals surface area contributed by atoms with Crippen molar-refractivity contribution in [2.45, 2.75) is 12.8 Å². The number of carbonyl (C=O) groups is 1. The summed E-state index contributed by atoms with van der Waals surface area (Å²) in [5.74, 6) is 0.376. The SMILES string of the molecule is NC(=O)C1CCN(c2ccccc2N=C(N)CCl)CC1. The van der Waals surface area contributed by atoms with E-state index in [1.54, 1.807) is 0 Å². The number of piperidine rings is 1. The third-order valence-corrected chi connectivity index (χ3v) is 3.79. The molecule has 0 aliphatic carbocycles. The first-order chi connectivity index (χ1) is 9.61. The minimum absolute atomic E-state index is 0.0187. The molecular formula is C14H19ClN4O. The third-order valence-electron chi connectivity index (χ3n) is 3.52. The highest BCUT2D eigenvalue weighted by Crippen LogP contribution is 2.31. The number of rotatable bonds is 4. The largest absolute Gasteiger partial charge is 0.386 e. The van der Waals surface area contributed by atoms with Gasteiger partial charge in [0, 0.05) is 19.0 Å². The molecule has 1 saturated heterocycles. The monoisotopic (exact) mass is 294 g/mol. The maximum absolute atomic E-state index is 11.2. The van der Waals surface area contributed by atoms with E-state index in [-0.39, 0.29) is 17.7 Å². The Kier molecular flexibility index (Phi) is 4.84. The highest BCUT2D eigenvalue weighted by molar-refractivity contribution is 6.28. The van der Waals surface area contributed by atoms with Gasteiger partial charge in [-0.15, -0.1) is 11.6 Å². The minimum atomic E-state index is -0.206. The number of alkyl halides is 1. The van der Waals surface area contributed by atoms with Crippen LogP contribution in [-0.4, -0.2) is 30.7 Å². The molecule has 1 amide bonds. The fourth-order valence-corrected chi connectivity index (χ4v) is 2.48. The normalized spacial score (nSPS) is 17.2. The van der Waals surface area contributed by atoms with E-state index in [0.29, 0.717) is 5.84 Å². The Hall–Kier alpha value is -1.75. The predicted octanol–water partition coefficient (Wildman–Crippen LogP) is 1.62. The van der Waals surface area contributed by atoms with Crippen molar-refractivity contribution < 1.29 is 4.79 Å². The molecule has 1 heterocycles. The molecule has 1 aromatic rings. The van der Waals surface area contributed by atoms with Crippen molar-refractivity contribution in [3.63, 3.8) is 0 Å². The van der Waals surface area contributed by atoms with Gasteiger partial charge in [-0.25, -0.2) is 4.99 Å². The van der Waals surface area contributed by atoms with Crippen LogP contribution in [0.25, 0.3) is 0 Å². The van der Waals surface area contributed by atoms with Gasteiger partial charge in [0.05, 0.1) is 17.3 Å². The highest BCUT2D eigenvalue weighted by Gasteiger charge is 2.24. The van der Waals surface area contributed by atoms with Gasteiger partial charge < -0.3 is 16.4 Å². The lowest BCUT2D eigenvalue weighted by molar-refractivity contribution is -0.122. The fourth-order valence-electron chi connectivity index (χ4n) is 2.42. The molecule has 6 heteroatoms. The lowest BCUT2D eigenvalue weighted by atomic mass is 9.96. The number of primary amides is 1. The number of para-hydroxylation sites is 2. The first-order valence-electron chi connectivity index (χ1n) is 6.64. The van der Waals surface area contributed by atoms with E-state index >= 15 is 0 Å². The van der Waals surface area contributed by atoms with Crippen LogP contribution in [-0.2, 0) is 4.79 Å². The van der Waals surface area contributed by atoms with E-state index in [1.807, 2.05) is 24.3 Å². The van der Waals surface area contributed by atoms with E-state index in [4.69, 9.17) is 23.1 Å². The number of nitrogens with two attached hydrogens (primary N) is 2. The van der Waals surface area contributed by atoms with Crippen molar-refractivity contribution in [2.24, 2.45) is 22.4 Å². The molecule has 5 nitrogen and oxygen atoms in total. The van der Waals surface area contributed by atoms with Crippen LogP contribution < -0.4 is 16.4 Å². The minimum Gasteiger partial charge on any atom is -0.386 e. The Morgan fingerprint density at radius 1 is 1.30 bits per heavy atom. The van der Waals surface area contributed by atoms with Crippen LogP contribution in [0.4, 0.5) is 11.4 Å². The molecule has 4 N–H and O–H groups in total. The summed E-state index contributed by atoms with van der Waals surface area (Å²) in [6, 6.07) is 7.80. The third kappa shape index (κ3) is 3.42. The van der Waals surface area contributed by atoms with Gasteiger partial charge >= 0.3 is 0 Å². The molecule has 0 saturated carbocycles. The van der Waals surface area contributed by atoms with E-state index in [2.05, 4.69) is 9.89 Å². The zero-order chi connectivity index (χ0) is 14.5. The van der Waals surface area contributed by atoms with E-state index in [9.17, 15) is 4.79 Å². The molecule has 0 bridgehead atoms. The van der Waals surface area contributed by atoms with Crippen molar-refractivity contribution in [3.8, 4) is 0 Å². The van der Waals surface area contributed by atoms with Gasteiger partial charge in [0.15, 0.2) is 0 Å². The molecule has 0 atom stereocenters. The second kappa shape index (κ2) is 6.61. The summed E-state index contributed by atoms with van der Waals surface area (Å²) in [6.45, 7) is 1.59. The van der Waals surface area contributed by atoms with Crippen LogP contribution in [0.3, 0.4) is 0 Å². The van der Waals surface area contributed by atoms with E-state index in [0.717, 1.165) is 37.3 Å². The molecule has 2 rings (SSSR count). The Morgan fingerprint density at radius 2 is 1.95 bits per heavy atom. The van der Waals surface area contributed by atoms with Crippen molar-refractivity contribution in [1.29, 1.82) is 0 Å². The number of nitrogens with zero attached hydrogens (tertiary/aromatic N) is 2. The maximum atomic E-state index is 11.2. The topological polar surface area (TPSA) is 84.7 Å². The number of benzene rings is 1. The average molecular weight is 295 g/mol. The number of amidine groups is 1. The highest BCUT2D eigenvalue weighted by atomic mass is 35.5. The summed E-state index contributed by atoms with van der Waals surface area (Å²) in [5, 5.41) is 0. The molecule has 0 spiro atoms. The summed E-state index contributed by atoms with van der Waals surface area (Å²) >= 11 is 5.67. The van der Waals surface area contributed by atoms with Crippen molar-refractivity contribution in [2.75, 3.05) is 23.9 Å². The van der Waals surface area contributed by atoms with Crippen LogP contribution in [0.15, 0.2) is 29.3 Å². The van der Waals surface area contributed by atoms with Crippen molar-refractivity contribution in [3.05, 3.63) is 24.3 Å². The van der Waals surface area contributed by atoms with Crippen LogP contribution >= 0.6 is 11.6 Å². The smallest absolute Gasteiger partial charge is 0.220 e. The van der Waals surface area contributed by atoms with E-state index in [1.165, 1.54) is 0 Å². The maximum Gasteiger partial charge on any atom is 0.220 e. The first-order valence-corrected chi connectivity index (χ1v) is 7.17. The zero-order valence-corrected chi connectivity index (χ0v) is 12.0. The molecule has 108 valence electrons. The Bertz CT molecular complexity index is 510. The summed E-state index contributed by atoms with van der Waals surface area (Å²) in [6.07, 6.45) is 1.55. The summed E-state index contributed by atoms with van der Waals surface area (Å²) in [7, 11) is 0. The predicted molar refractivity (Wildman–Crippen MR) is 82.6 cm³/mol. The lowest BCUT2D eigenvalue weighted by Gasteiger charge is -2.33. The Morgan fingerprint density at radius 3 is 2.55 bits per heavy atom. The summed E-state index contributed by atoms with van der Waals surface area (Å²) in [4.78, 5) is 17.7. The number of hydrogen-bond acceptors (Lipinski definition) is 3. The van der Waals surface area contributed by atoms with Gasteiger partial charge in [0.2, 0.25) is 5.91 Å². The second-order valence-corrected chi connectivity index (χ2v) is 5.16. The molecule has 1 aliphatic heterocycles. The zero-order valence-electron chi connectivity index (χ0n) is 11.3. The second-order valence-electron chi connectivity index (χ2n) is 4.89. The van der Waals surface area contributed by atoms with Crippen molar-refractivity contribution >= 4 is 34.7 Å². The average Bonchev–Trinajstić information content (AvgIpc) is 2.48. The number of halogens is 1. The fraction of sp³-hybridized carbons (Fsp3) is 0.429. The summed E-state index contributed by atoms with van der Waals surface area (Å²) < 4.78 is 0. The van der Waals surface area contributed by atoms with Crippen LogP contribution in [0.2, 0.25) is 0 Å². The summed E-state index contributed by atoms with van der Waals surface area (Å²) in [5.41, 5.74) is 12.9. The van der Waals surface area contributed by atoms with E-state index < -0.39 is 0 Å². The number of carbonyl (C=O) groups excluding carboxylic acids is 1. The molecule has 0 aromatic heterocycles. The van der Waals surface area contributed by atoms with Gasteiger partial charge in [-0.2, -0.15) is 0 Å². The van der Waals surface area contributed by atoms with Gasteiger partial charge in [0.1, 0.15) is 5.84 Å². The Labute approximate surface area is 123 Å². The molecule has 0 unspecified atom stereocenters. The van der Waals surface area contributed by atoms with Gasteiger partial charge in [-0.1, -0.05) is 12.1 Å². The van der Waals surface area contributed by atoms with Gasteiger partial charge in [0.25, 0.3) is 0 Å². The number of hydrogen-bond donors (Lipinski definition) is 2. The molecule has 20 heavy (non-hydrogen) atoms. The quantitative estimate of drug-likeness (QED) is 0.503. The first kappa shape index (κ1) is 14.7.